The van der Waals surface area contributed by atoms with Crippen LogP contribution in [-0.4, -0.2) is 58.4 Å². The number of aromatic nitrogens is 4. The van der Waals surface area contributed by atoms with Crippen LogP contribution in [0, 0.1) is 6.92 Å². The number of nitrogens with zero attached hydrogens (tertiary/aromatic N) is 5. The predicted molar refractivity (Wildman–Crippen MR) is 167 cm³/mol. The smallest absolute Gasteiger partial charge is 0.273 e. The lowest BCUT2D eigenvalue weighted by Gasteiger charge is -2.16. The summed E-state index contributed by atoms with van der Waals surface area (Å²) in [6, 6.07) is 24.5. The molecule has 0 bridgehead atoms. The molecular formula is C32H33N5O3S2. The van der Waals surface area contributed by atoms with E-state index < -0.39 is 0 Å². The molecule has 0 saturated heterocycles. The molecule has 0 spiro atoms. The topological polar surface area (TPSA) is 82.4 Å². The fraction of sp³-hybridized carbons (Fsp3) is 0.250. The summed E-state index contributed by atoms with van der Waals surface area (Å²) in [5, 5.41) is 12.6. The van der Waals surface area contributed by atoms with Gasteiger partial charge < -0.3 is 14.4 Å². The SMILES string of the molecule is COc1ccc(CCN(C)C(=O)c2csc(CSc3nnc(Cc4ccccc4)n3-c3ccc(C)cc3)n2)cc1OC. The number of amides is 1. The van der Waals surface area contributed by atoms with Gasteiger partial charge in [0.15, 0.2) is 16.7 Å². The Morgan fingerprint density at radius 1 is 0.952 bits per heavy atom. The molecule has 5 aromatic rings. The minimum atomic E-state index is -0.101. The number of thiazole rings is 1. The standard InChI is InChI=1S/C32H33N5O3S2/c1-22-10-13-25(14-11-22)37-29(19-23-8-6-5-7-9-23)34-35-32(37)42-21-30-33-26(20-41-30)31(38)36(2)17-16-24-12-15-27(39-3)28(18-24)40-4/h5-15,18,20H,16-17,19,21H2,1-4H3. The van der Waals surface area contributed by atoms with Gasteiger partial charge in [0.05, 0.1) is 20.0 Å². The zero-order chi connectivity index (χ0) is 29.5. The second kappa shape index (κ2) is 13.7. The third-order valence-electron chi connectivity index (χ3n) is 6.82. The molecule has 0 fully saturated rings. The zero-order valence-corrected chi connectivity index (χ0v) is 25.7. The van der Waals surface area contributed by atoms with Crippen molar-refractivity contribution in [2.75, 3.05) is 27.8 Å². The molecule has 0 aliphatic carbocycles. The highest BCUT2D eigenvalue weighted by atomic mass is 32.2. The van der Waals surface area contributed by atoms with E-state index in [4.69, 9.17) is 9.47 Å². The summed E-state index contributed by atoms with van der Waals surface area (Å²) >= 11 is 3.05. The normalized spacial score (nSPS) is 11.0. The Bertz CT molecular complexity index is 1630. The Hall–Kier alpha value is -4.15. The lowest BCUT2D eigenvalue weighted by atomic mass is 10.1. The lowest BCUT2D eigenvalue weighted by Crippen LogP contribution is -2.29. The summed E-state index contributed by atoms with van der Waals surface area (Å²) < 4.78 is 12.8. The van der Waals surface area contributed by atoms with Gasteiger partial charge in [0.2, 0.25) is 0 Å². The van der Waals surface area contributed by atoms with Gasteiger partial charge in [-0.3, -0.25) is 9.36 Å². The van der Waals surface area contributed by atoms with E-state index in [-0.39, 0.29) is 5.91 Å². The summed E-state index contributed by atoms with van der Waals surface area (Å²) in [5.74, 6) is 2.72. The van der Waals surface area contributed by atoms with Crippen LogP contribution in [-0.2, 0) is 18.6 Å². The molecular weight excluding hydrogens is 567 g/mol. The summed E-state index contributed by atoms with van der Waals surface area (Å²) in [4.78, 5) is 19.5. The number of benzene rings is 3. The van der Waals surface area contributed by atoms with E-state index in [9.17, 15) is 4.79 Å². The lowest BCUT2D eigenvalue weighted by molar-refractivity contribution is 0.0791. The Morgan fingerprint density at radius 3 is 2.45 bits per heavy atom. The van der Waals surface area contributed by atoms with Crippen LogP contribution in [0.4, 0.5) is 0 Å². The summed E-state index contributed by atoms with van der Waals surface area (Å²) in [6.45, 7) is 2.63. The zero-order valence-electron chi connectivity index (χ0n) is 24.1. The molecule has 1 amide bonds. The second-order valence-corrected chi connectivity index (χ2v) is 11.7. The minimum Gasteiger partial charge on any atom is -0.493 e. The van der Waals surface area contributed by atoms with Crippen molar-refractivity contribution in [1.82, 2.24) is 24.6 Å². The molecule has 0 aliphatic heterocycles. The van der Waals surface area contributed by atoms with Gasteiger partial charge in [-0.1, -0.05) is 65.9 Å². The molecule has 0 atom stereocenters. The van der Waals surface area contributed by atoms with Gasteiger partial charge >= 0.3 is 0 Å². The number of rotatable bonds is 12. The molecule has 10 heteroatoms. The number of ether oxygens (including phenoxy) is 2. The first-order chi connectivity index (χ1) is 20.4. The molecule has 216 valence electrons. The summed E-state index contributed by atoms with van der Waals surface area (Å²) in [5.41, 5.74) is 4.90. The van der Waals surface area contributed by atoms with E-state index in [1.54, 1.807) is 37.9 Å². The van der Waals surface area contributed by atoms with Crippen molar-refractivity contribution in [2.24, 2.45) is 0 Å². The maximum atomic E-state index is 13.1. The van der Waals surface area contributed by atoms with E-state index in [2.05, 4.69) is 63.1 Å². The van der Waals surface area contributed by atoms with Gasteiger partial charge in [-0.2, -0.15) is 0 Å². The van der Waals surface area contributed by atoms with E-state index in [1.807, 2.05) is 41.8 Å². The van der Waals surface area contributed by atoms with Crippen molar-refractivity contribution in [3.8, 4) is 17.2 Å². The van der Waals surface area contributed by atoms with Crippen molar-refractivity contribution in [1.29, 1.82) is 0 Å². The Labute approximate surface area is 254 Å². The van der Waals surface area contributed by atoms with Crippen LogP contribution in [0.1, 0.15) is 38.0 Å². The van der Waals surface area contributed by atoms with Gasteiger partial charge in [0.1, 0.15) is 16.5 Å². The summed E-state index contributed by atoms with van der Waals surface area (Å²) in [6.07, 6.45) is 1.36. The number of carbonyl (C=O) groups is 1. The molecule has 0 N–H and O–H groups in total. The van der Waals surface area contributed by atoms with Crippen molar-refractivity contribution in [2.45, 2.75) is 30.7 Å². The fourth-order valence-corrected chi connectivity index (χ4v) is 6.23. The van der Waals surface area contributed by atoms with Crippen LogP contribution in [0.3, 0.4) is 0 Å². The molecule has 0 saturated carbocycles. The first kappa shape index (κ1) is 29.3. The van der Waals surface area contributed by atoms with Crippen LogP contribution >= 0.6 is 23.1 Å². The van der Waals surface area contributed by atoms with Crippen LogP contribution in [0.5, 0.6) is 11.5 Å². The first-order valence-corrected chi connectivity index (χ1v) is 15.4. The molecule has 2 heterocycles. The number of hydrogen-bond acceptors (Lipinski definition) is 8. The second-order valence-electron chi connectivity index (χ2n) is 9.81. The van der Waals surface area contributed by atoms with E-state index in [0.717, 1.165) is 27.2 Å². The van der Waals surface area contributed by atoms with Crippen LogP contribution in [0.2, 0.25) is 0 Å². The molecule has 8 nitrogen and oxygen atoms in total. The number of carbonyl (C=O) groups excluding carboxylic acids is 1. The van der Waals surface area contributed by atoms with Crippen LogP contribution in [0.25, 0.3) is 5.69 Å². The summed E-state index contributed by atoms with van der Waals surface area (Å²) in [7, 11) is 5.03. The van der Waals surface area contributed by atoms with Gasteiger partial charge in [0.25, 0.3) is 5.91 Å². The molecule has 3 aromatic carbocycles. The average molecular weight is 600 g/mol. The quantitative estimate of drug-likeness (QED) is 0.157. The number of likely N-dealkylation sites (N-methyl/N-ethyl adjacent to an activating group) is 1. The highest BCUT2D eigenvalue weighted by Gasteiger charge is 2.19. The van der Waals surface area contributed by atoms with Gasteiger partial charge in [-0.25, -0.2) is 4.98 Å². The third kappa shape index (κ3) is 7.00. The molecule has 0 unspecified atom stereocenters. The molecule has 5 rings (SSSR count). The van der Waals surface area contributed by atoms with Crippen LogP contribution < -0.4 is 9.47 Å². The van der Waals surface area contributed by atoms with E-state index >= 15 is 0 Å². The Balaban J connectivity index is 1.25. The van der Waals surface area contributed by atoms with Gasteiger partial charge in [-0.15, -0.1) is 21.5 Å². The number of thioether (sulfide) groups is 1. The number of aryl methyl sites for hydroxylation is 1. The Morgan fingerprint density at radius 2 is 1.71 bits per heavy atom. The molecule has 2 aromatic heterocycles. The first-order valence-electron chi connectivity index (χ1n) is 13.5. The Kier molecular flexibility index (Phi) is 9.55. The van der Waals surface area contributed by atoms with Crippen molar-refractivity contribution in [3.63, 3.8) is 0 Å². The van der Waals surface area contributed by atoms with E-state index in [1.165, 1.54) is 22.5 Å². The van der Waals surface area contributed by atoms with Crippen LogP contribution in [0.15, 0.2) is 83.3 Å². The monoisotopic (exact) mass is 599 g/mol. The number of methoxy groups -OCH3 is 2. The molecule has 0 aliphatic rings. The predicted octanol–water partition coefficient (Wildman–Crippen LogP) is 6.25. The fourth-order valence-electron chi connectivity index (χ4n) is 4.47. The largest absolute Gasteiger partial charge is 0.493 e. The third-order valence-corrected chi connectivity index (χ3v) is 8.80. The van der Waals surface area contributed by atoms with Crippen molar-refractivity contribution in [3.05, 3.63) is 111 Å². The molecule has 42 heavy (non-hydrogen) atoms. The highest BCUT2D eigenvalue weighted by Crippen LogP contribution is 2.29. The minimum absolute atomic E-state index is 0.101. The molecule has 0 radical (unpaired) electrons. The van der Waals surface area contributed by atoms with Gasteiger partial charge in [-0.05, 0) is 48.7 Å². The highest BCUT2D eigenvalue weighted by molar-refractivity contribution is 7.98. The average Bonchev–Trinajstić information content (AvgIpc) is 3.66. The number of hydrogen-bond donors (Lipinski definition) is 0. The van der Waals surface area contributed by atoms with Gasteiger partial charge in [0, 0.05) is 31.1 Å². The van der Waals surface area contributed by atoms with Crippen molar-refractivity contribution < 1.29 is 14.3 Å². The maximum Gasteiger partial charge on any atom is 0.273 e. The van der Waals surface area contributed by atoms with E-state index in [0.29, 0.717) is 42.3 Å². The maximum absolute atomic E-state index is 13.1. The van der Waals surface area contributed by atoms with Crippen molar-refractivity contribution >= 4 is 29.0 Å².